The minimum atomic E-state index is -4.57. The Hall–Kier alpha value is -3.43. The second kappa shape index (κ2) is 8.07. The maximum absolute atomic E-state index is 13.2. The summed E-state index contributed by atoms with van der Waals surface area (Å²) >= 11 is 0. The number of carbonyl (C=O) groups excluding carboxylic acids is 1. The van der Waals surface area contributed by atoms with E-state index in [0.29, 0.717) is 34.6 Å². The lowest BCUT2D eigenvalue weighted by molar-refractivity contribution is -0.134. The van der Waals surface area contributed by atoms with Crippen LogP contribution in [0.1, 0.15) is 25.3 Å². The molecule has 2 aliphatic rings. The van der Waals surface area contributed by atoms with E-state index in [4.69, 9.17) is 10.5 Å². The summed E-state index contributed by atoms with van der Waals surface area (Å²) < 4.78 is 45.1. The van der Waals surface area contributed by atoms with Gasteiger partial charge in [-0.25, -0.2) is 4.98 Å². The zero-order valence-electron chi connectivity index (χ0n) is 19.0. The van der Waals surface area contributed by atoms with E-state index in [1.54, 1.807) is 6.92 Å². The van der Waals surface area contributed by atoms with Gasteiger partial charge in [-0.2, -0.15) is 13.2 Å². The summed E-state index contributed by atoms with van der Waals surface area (Å²) in [7, 11) is 0. The van der Waals surface area contributed by atoms with Crippen molar-refractivity contribution in [2.75, 3.05) is 18.1 Å². The van der Waals surface area contributed by atoms with Crippen LogP contribution in [-0.4, -0.2) is 40.9 Å². The van der Waals surface area contributed by atoms with Crippen molar-refractivity contribution in [3.8, 4) is 28.3 Å². The molecule has 5 rings (SSSR count). The topological polar surface area (TPSA) is 88.7 Å². The molecule has 0 unspecified atom stereocenters. The molecule has 0 radical (unpaired) electrons. The number of hydrogen-bond acceptors (Lipinski definition) is 5. The maximum atomic E-state index is 13.2. The zero-order chi connectivity index (χ0) is 25.0. The van der Waals surface area contributed by atoms with Crippen molar-refractivity contribution in [3.05, 3.63) is 66.2 Å². The number of benzene rings is 2. The average Bonchev–Trinajstić information content (AvgIpc) is 2.79. The van der Waals surface area contributed by atoms with E-state index in [2.05, 4.69) is 4.98 Å². The molecule has 1 amide bonds. The molecule has 2 aromatic carbocycles. The smallest absolute Gasteiger partial charge is 0.406 e. The summed E-state index contributed by atoms with van der Waals surface area (Å²) in [5.41, 5.74) is 8.44. The van der Waals surface area contributed by atoms with Gasteiger partial charge in [-0.05, 0) is 37.0 Å². The number of alkyl halides is 3. The number of fused-ring (bicyclic) bond motifs is 1. The van der Waals surface area contributed by atoms with Crippen LogP contribution in [0.15, 0.2) is 60.7 Å². The molecule has 0 bridgehead atoms. The fourth-order valence-corrected chi connectivity index (χ4v) is 5.01. The Morgan fingerprint density at radius 2 is 1.74 bits per heavy atom. The van der Waals surface area contributed by atoms with E-state index in [-0.39, 0.29) is 11.6 Å². The lowest BCUT2D eigenvalue weighted by atomic mass is 9.63. The molecule has 1 fully saturated rings. The van der Waals surface area contributed by atoms with E-state index in [1.165, 1.54) is 6.07 Å². The van der Waals surface area contributed by atoms with Crippen molar-refractivity contribution in [1.29, 1.82) is 0 Å². The second-order valence-corrected chi connectivity index (χ2v) is 9.54. The lowest BCUT2D eigenvalue weighted by Crippen LogP contribution is -2.58. The SMILES string of the molecule is CC1(O)CC(N)(c2ccc(-c3nc4c(cc3-c3ccccc3)N(CC(F)(F)F)C(=O)CO4)cc2)C1. The molecule has 1 aliphatic carbocycles. The van der Waals surface area contributed by atoms with Crippen molar-refractivity contribution < 1.29 is 27.8 Å². The molecule has 182 valence electrons. The molecule has 0 atom stereocenters. The molecule has 3 aromatic rings. The van der Waals surface area contributed by atoms with Gasteiger partial charge in [0.05, 0.1) is 11.3 Å². The van der Waals surface area contributed by atoms with Gasteiger partial charge in [0, 0.05) is 16.7 Å². The Bertz CT molecular complexity index is 1270. The number of halogens is 3. The Kier molecular flexibility index (Phi) is 5.37. The van der Waals surface area contributed by atoms with Gasteiger partial charge in [0.15, 0.2) is 6.61 Å². The summed E-state index contributed by atoms with van der Waals surface area (Å²) in [4.78, 5) is 17.5. The largest absolute Gasteiger partial charge is 0.466 e. The van der Waals surface area contributed by atoms with Crippen LogP contribution >= 0.6 is 0 Å². The molecule has 0 saturated heterocycles. The second-order valence-electron chi connectivity index (χ2n) is 9.54. The van der Waals surface area contributed by atoms with Gasteiger partial charge in [-0.3, -0.25) is 9.69 Å². The van der Waals surface area contributed by atoms with E-state index in [9.17, 15) is 23.1 Å². The van der Waals surface area contributed by atoms with Gasteiger partial charge in [-0.1, -0.05) is 54.6 Å². The van der Waals surface area contributed by atoms with E-state index in [0.717, 1.165) is 11.1 Å². The Morgan fingerprint density at radius 3 is 2.34 bits per heavy atom. The molecule has 0 spiro atoms. The summed E-state index contributed by atoms with van der Waals surface area (Å²) in [5, 5.41) is 10.1. The first-order valence-corrected chi connectivity index (χ1v) is 11.2. The van der Waals surface area contributed by atoms with Gasteiger partial charge in [0.2, 0.25) is 5.88 Å². The Balaban J connectivity index is 1.59. The number of ether oxygens (including phenoxy) is 1. The minimum Gasteiger partial charge on any atom is -0.466 e. The van der Waals surface area contributed by atoms with Gasteiger partial charge >= 0.3 is 6.18 Å². The number of nitrogens with two attached hydrogens (primary N) is 1. The molecule has 2 heterocycles. The number of aromatic nitrogens is 1. The predicted octanol–water partition coefficient (Wildman–Crippen LogP) is 4.40. The van der Waals surface area contributed by atoms with Crippen LogP contribution in [0, 0.1) is 0 Å². The van der Waals surface area contributed by atoms with Gasteiger partial charge < -0.3 is 15.6 Å². The van der Waals surface area contributed by atoms with Crippen molar-refractivity contribution in [2.45, 2.75) is 37.1 Å². The van der Waals surface area contributed by atoms with Crippen LogP contribution in [0.2, 0.25) is 0 Å². The highest BCUT2D eigenvalue weighted by atomic mass is 19.4. The molecule has 35 heavy (non-hydrogen) atoms. The van der Waals surface area contributed by atoms with Crippen LogP contribution < -0.4 is 15.4 Å². The van der Waals surface area contributed by atoms with Crippen LogP contribution in [0.5, 0.6) is 5.88 Å². The van der Waals surface area contributed by atoms with Crippen molar-refractivity contribution in [3.63, 3.8) is 0 Å². The number of carbonyl (C=O) groups is 1. The molecule has 6 nitrogen and oxygen atoms in total. The predicted molar refractivity (Wildman–Crippen MR) is 125 cm³/mol. The third kappa shape index (κ3) is 4.49. The third-order valence-corrected chi connectivity index (χ3v) is 6.44. The highest BCUT2D eigenvalue weighted by Gasteiger charge is 2.49. The highest BCUT2D eigenvalue weighted by molar-refractivity contribution is 5.99. The summed E-state index contributed by atoms with van der Waals surface area (Å²) in [5.74, 6) is -0.810. The molecular formula is C26H24F3N3O3. The van der Waals surface area contributed by atoms with Crippen molar-refractivity contribution in [1.82, 2.24) is 4.98 Å². The van der Waals surface area contributed by atoms with Crippen molar-refractivity contribution in [2.24, 2.45) is 5.73 Å². The average molecular weight is 483 g/mol. The summed E-state index contributed by atoms with van der Waals surface area (Å²) in [6.07, 6.45) is -3.68. The first kappa shape index (κ1) is 23.3. The van der Waals surface area contributed by atoms with Gasteiger partial charge in [-0.15, -0.1) is 0 Å². The monoisotopic (exact) mass is 483 g/mol. The number of pyridine rings is 1. The zero-order valence-corrected chi connectivity index (χ0v) is 19.0. The maximum Gasteiger partial charge on any atom is 0.406 e. The number of aliphatic hydroxyl groups is 1. The molecule has 1 aromatic heterocycles. The minimum absolute atomic E-state index is 0.0181. The van der Waals surface area contributed by atoms with Crippen LogP contribution in [0.4, 0.5) is 18.9 Å². The van der Waals surface area contributed by atoms with Gasteiger partial charge in [0.25, 0.3) is 5.91 Å². The molecule has 9 heteroatoms. The first-order valence-electron chi connectivity index (χ1n) is 11.2. The number of nitrogens with zero attached hydrogens (tertiary/aromatic N) is 2. The van der Waals surface area contributed by atoms with E-state index in [1.807, 2.05) is 54.6 Å². The number of amides is 1. The van der Waals surface area contributed by atoms with Crippen LogP contribution in [-0.2, 0) is 10.3 Å². The summed E-state index contributed by atoms with van der Waals surface area (Å²) in [6, 6.07) is 18.1. The Morgan fingerprint density at radius 1 is 1.09 bits per heavy atom. The molecule has 3 N–H and O–H groups in total. The molecule has 1 aliphatic heterocycles. The first-order chi connectivity index (χ1) is 16.4. The van der Waals surface area contributed by atoms with Crippen LogP contribution in [0.3, 0.4) is 0 Å². The number of anilines is 1. The fourth-order valence-electron chi connectivity index (χ4n) is 5.01. The summed E-state index contributed by atoms with van der Waals surface area (Å²) in [6.45, 7) is -0.189. The fraction of sp³-hybridized carbons (Fsp3) is 0.308. The Labute approximate surface area is 200 Å². The highest BCUT2D eigenvalue weighted by Crippen LogP contribution is 2.47. The van der Waals surface area contributed by atoms with Crippen LogP contribution in [0.25, 0.3) is 22.4 Å². The normalized spacial score (nSPS) is 23.9. The van der Waals surface area contributed by atoms with E-state index < -0.39 is 36.4 Å². The number of rotatable bonds is 4. The van der Waals surface area contributed by atoms with Gasteiger partial charge in [0.1, 0.15) is 12.2 Å². The standard InChI is InChI=1S/C26H24F3N3O3/c1-24(34)13-25(30,14-24)18-9-7-17(8-10-18)22-19(16-5-3-2-4-6-16)11-20-23(31-22)35-12-21(33)32(20)15-26(27,28)29/h2-11,34H,12-15,30H2,1H3. The quantitative estimate of drug-likeness (QED) is 0.574. The lowest BCUT2D eigenvalue weighted by Gasteiger charge is -2.49. The molecule has 1 saturated carbocycles. The van der Waals surface area contributed by atoms with Crippen molar-refractivity contribution >= 4 is 11.6 Å². The molecular weight excluding hydrogens is 459 g/mol. The number of hydrogen-bond donors (Lipinski definition) is 2. The van der Waals surface area contributed by atoms with E-state index >= 15 is 0 Å². The third-order valence-electron chi connectivity index (χ3n) is 6.44.